The molecule has 0 radical (unpaired) electrons. The van der Waals surface area contributed by atoms with Gasteiger partial charge in [0.05, 0.1) is 0 Å². The Labute approximate surface area is 103 Å². The first-order valence-electron chi connectivity index (χ1n) is 6.23. The van der Waals surface area contributed by atoms with Crippen LogP contribution in [0.4, 0.5) is 4.39 Å². The van der Waals surface area contributed by atoms with Gasteiger partial charge < -0.3 is 10.1 Å². The van der Waals surface area contributed by atoms with Crippen molar-refractivity contribution in [3.8, 4) is 0 Å². The minimum absolute atomic E-state index is 0.177. The van der Waals surface area contributed by atoms with Crippen LogP contribution in [0.1, 0.15) is 25.3 Å². The zero-order chi connectivity index (χ0) is 12.5. The predicted octanol–water partition coefficient (Wildman–Crippen LogP) is 2.77. The summed E-state index contributed by atoms with van der Waals surface area (Å²) in [6, 6.07) is 7.14. The van der Waals surface area contributed by atoms with Gasteiger partial charge in [-0.1, -0.05) is 19.1 Å². The smallest absolute Gasteiger partial charge is 0.123 e. The molecule has 1 atom stereocenters. The van der Waals surface area contributed by atoms with Crippen molar-refractivity contribution >= 4 is 0 Å². The van der Waals surface area contributed by atoms with Crippen molar-refractivity contribution in [3.63, 3.8) is 0 Å². The molecule has 0 aromatic heterocycles. The molecule has 1 rings (SSSR count). The minimum atomic E-state index is -0.177. The van der Waals surface area contributed by atoms with Gasteiger partial charge in [-0.05, 0) is 43.5 Å². The third kappa shape index (κ3) is 5.80. The maximum absolute atomic E-state index is 12.8. The first kappa shape index (κ1) is 14.1. The highest BCUT2D eigenvalue weighted by Gasteiger charge is 2.08. The predicted molar refractivity (Wildman–Crippen MR) is 68.7 cm³/mol. The Morgan fingerprint density at radius 2 is 2.00 bits per heavy atom. The highest BCUT2D eigenvalue weighted by molar-refractivity contribution is 5.17. The Balaban J connectivity index is 2.48. The average molecular weight is 239 g/mol. The molecule has 0 spiro atoms. The molecular formula is C14H22FNO. The first-order valence-corrected chi connectivity index (χ1v) is 6.23. The Hall–Kier alpha value is -0.930. The van der Waals surface area contributed by atoms with Crippen LogP contribution in [-0.4, -0.2) is 26.3 Å². The van der Waals surface area contributed by atoms with E-state index in [4.69, 9.17) is 4.74 Å². The molecule has 0 amide bonds. The number of hydrogen-bond acceptors (Lipinski definition) is 2. The fourth-order valence-electron chi connectivity index (χ4n) is 1.79. The molecule has 1 aromatic rings. The number of ether oxygens (including phenoxy) is 1. The van der Waals surface area contributed by atoms with Gasteiger partial charge in [-0.2, -0.15) is 0 Å². The Morgan fingerprint density at radius 3 is 2.59 bits per heavy atom. The molecule has 3 heteroatoms. The van der Waals surface area contributed by atoms with Crippen molar-refractivity contribution in [3.05, 3.63) is 35.6 Å². The van der Waals surface area contributed by atoms with Gasteiger partial charge in [0.15, 0.2) is 0 Å². The monoisotopic (exact) mass is 239 g/mol. The van der Waals surface area contributed by atoms with Gasteiger partial charge in [-0.3, -0.25) is 0 Å². The summed E-state index contributed by atoms with van der Waals surface area (Å²) in [5.74, 6) is -0.177. The summed E-state index contributed by atoms with van der Waals surface area (Å²) in [4.78, 5) is 0. The number of methoxy groups -OCH3 is 1. The van der Waals surface area contributed by atoms with E-state index in [2.05, 4.69) is 12.2 Å². The number of benzene rings is 1. The summed E-state index contributed by atoms with van der Waals surface area (Å²) < 4.78 is 17.9. The zero-order valence-electron chi connectivity index (χ0n) is 10.7. The lowest BCUT2D eigenvalue weighted by molar-refractivity contribution is 0.182. The number of halogens is 1. The van der Waals surface area contributed by atoms with Crippen LogP contribution in [0.15, 0.2) is 24.3 Å². The van der Waals surface area contributed by atoms with Crippen LogP contribution in [0.25, 0.3) is 0 Å². The van der Waals surface area contributed by atoms with Gasteiger partial charge in [-0.25, -0.2) is 4.39 Å². The van der Waals surface area contributed by atoms with E-state index in [9.17, 15) is 4.39 Å². The molecule has 17 heavy (non-hydrogen) atoms. The van der Waals surface area contributed by atoms with Crippen molar-refractivity contribution in [1.29, 1.82) is 0 Å². The SMILES string of the molecule is CCCNC(CCOC)Cc1ccc(F)cc1. The topological polar surface area (TPSA) is 21.3 Å². The highest BCUT2D eigenvalue weighted by atomic mass is 19.1. The van der Waals surface area contributed by atoms with Crippen molar-refractivity contribution in [2.75, 3.05) is 20.3 Å². The quantitative estimate of drug-likeness (QED) is 0.753. The number of nitrogens with one attached hydrogen (secondary N) is 1. The molecule has 0 aliphatic carbocycles. The number of hydrogen-bond donors (Lipinski definition) is 1. The third-order valence-electron chi connectivity index (χ3n) is 2.75. The van der Waals surface area contributed by atoms with E-state index in [0.29, 0.717) is 6.04 Å². The van der Waals surface area contributed by atoms with E-state index in [1.165, 1.54) is 12.1 Å². The van der Waals surface area contributed by atoms with Crippen molar-refractivity contribution in [1.82, 2.24) is 5.32 Å². The van der Waals surface area contributed by atoms with E-state index >= 15 is 0 Å². The van der Waals surface area contributed by atoms with Crippen LogP contribution in [-0.2, 0) is 11.2 Å². The molecule has 0 aliphatic rings. The molecule has 0 saturated heterocycles. The van der Waals surface area contributed by atoms with Crippen LogP contribution < -0.4 is 5.32 Å². The lowest BCUT2D eigenvalue weighted by atomic mass is 10.0. The second-order valence-electron chi connectivity index (χ2n) is 4.26. The van der Waals surface area contributed by atoms with Gasteiger partial charge >= 0.3 is 0 Å². The molecule has 2 nitrogen and oxygen atoms in total. The van der Waals surface area contributed by atoms with Crippen LogP contribution in [0.3, 0.4) is 0 Å². The molecule has 1 unspecified atom stereocenters. The lowest BCUT2D eigenvalue weighted by Gasteiger charge is -2.18. The van der Waals surface area contributed by atoms with Crippen LogP contribution >= 0.6 is 0 Å². The molecule has 1 N–H and O–H groups in total. The molecule has 0 aliphatic heterocycles. The second-order valence-corrected chi connectivity index (χ2v) is 4.26. The van der Waals surface area contributed by atoms with Crippen LogP contribution in [0.2, 0.25) is 0 Å². The van der Waals surface area contributed by atoms with Gasteiger partial charge in [0.2, 0.25) is 0 Å². The van der Waals surface area contributed by atoms with Crippen molar-refractivity contribution in [2.24, 2.45) is 0 Å². The third-order valence-corrected chi connectivity index (χ3v) is 2.75. The van der Waals surface area contributed by atoms with Crippen molar-refractivity contribution < 1.29 is 9.13 Å². The normalized spacial score (nSPS) is 12.6. The summed E-state index contributed by atoms with van der Waals surface area (Å²) in [7, 11) is 1.72. The minimum Gasteiger partial charge on any atom is -0.385 e. The first-order chi connectivity index (χ1) is 8.26. The van der Waals surface area contributed by atoms with Gasteiger partial charge in [0.25, 0.3) is 0 Å². The standard InChI is InChI=1S/C14H22FNO/c1-3-9-16-14(8-10-17-2)11-12-4-6-13(15)7-5-12/h4-7,14,16H,3,8-11H2,1-2H3. The molecule has 0 bridgehead atoms. The van der Waals surface area contributed by atoms with E-state index in [1.54, 1.807) is 7.11 Å². The molecule has 0 heterocycles. The molecule has 96 valence electrons. The highest BCUT2D eigenvalue weighted by Crippen LogP contribution is 2.08. The summed E-state index contributed by atoms with van der Waals surface area (Å²) >= 11 is 0. The summed E-state index contributed by atoms with van der Waals surface area (Å²) in [5.41, 5.74) is 1.16. The molecule has 0 fully saturated rings. The van der Waals surface area contributed by atoms with Gasteiger partial charge in [0.1, 0.15) is 5.82 Å². The zero-order valence-corrected chi connectivity index (χ0v) is 10.7. The summed E-state index contributed by atoms with van der Waals surface area (Å²) in [6.45, 7) is 3.91. The van der Waals surface area contributed by atoms with E-state index in [-0.39, 0.29) is 5.82 Å². The van der Waals surface area contributed by atoms with Gasteiger partial charge in [0, 0.05) is 19.8 Å². The molecular weight excluding hydrogens is 217 g/mol. The van der Waals surface area contributed by atoms with E-state index in [1.807, 2.05) is 12.1 Å². The largest absolute Gasteiger partial charge is 0.385 e. The van der Waals surface area contributed by atoms with Gasteiger partial charge in [-0.15, -0.1) is 0 Å². The van der Waals surface area contributed by atoms with Crippen molar-refractivity contribution in [2.45, 2.75) is 32.2 Å². The van der Waals surface area contributed by atoms with E-state index in [0.717, 1.165) is 38.0 Å². The fourth-order valence-corrected chi connectivity index (χ4v) is 1.79. The summed E-state index contributed by atoms with van der Waals surface area (Å²) in [5, 5.41) is 3.49. The molecule has 0 saturated carbocycles. The second kappa shape index (κ2) is 8.20. The summed E-state index contributed by atoms with van der Waals surface area (Å²) in [6.07, 6.45) is 3.02. The Morgan fingerprint density at radius 1 is 1.29 bits per heavy atom. The maximum atomic E-state index is 12.8. The fraction of sp³-hybridized carbons (Fsp3) is 0.571. The van der Waals surface area contributed by atoms with Crippen LogP contribution in [0, 0.1) is 5.82 Å². The van der Waals surface area contributed by atoms with Crippen LogP contribution in [0.5, 0.6) is 0 Å². The Bertz CT molecular complexity index is 292. The number of rotatable bonds is 8. The van der Waals surface area contributed by atoms with E-state index < -0.39 is 0 Å². The Kier molecular flexibility index (Phi) is 6.82. The maximum Gasteiger partial charge on any atom is 0.123 e. The average Bonchev–Trinajstić information content (AvgIpc) is 2.35. The lowest BCUT2D eigenvalue weighted by Crippen LogP contribution is -2.32. The molecule has 1 aromatic carbocycles.